The van der Waals surface area contributed by atoms with Gasteiger partial charge in [0.15, 0.2) is 0 Å². The maximum atomic E-state index is 11.4. The molecule has 3 nitrogen and oxygen atoms in total. The highest BCUT2D eigenvalue weighted by Crippen LogP contribution is 2.31. The van der Waals surface area contributed by atoms with E-state index in [0.29, 0.717) is 12.5 Å². The summed E-state index contributed by atoms with van der Waals surface area (Å²) in [5.74, 6) is 0.896. The summed E-state index contributed by atoms with van der Waals surface area (Å²) in [7, 11) is 0. The van der Waals surface area contributed by atoms with E-state index in [2.05, 4.69) is 30.5 Å². The van der Waals surface area contributed by atoms with Gasteiger partial charge in [-0.25, -0.2) is 0 Å². The summed E-state index contributed by atoms with van der Waals surface area (Å²) in [6.07, 6.45) is 2.99. The van der Waals surface area contributed by atoms with Crippen LogP contribution in [0.5, 0.6) is 0 Å². The molecule has 3 heteroatoms. The van der Waals surface area contributed by atoms with Crippen LogP contribution in [0.2, 0.25) is 0 Å². The molecule has 0 aromatic heterocycles. The summed E-state index contributed by atoms with van der Waals surface area (Å²) in [5, 5.41) is 6.46. The third kappa shape index (κ3) is 3.03. The fourth-order valence-electron chi connectivity index (χ4n) is 2.34. The van der Waals surface area contributed by atoms with Crippen LogP contribution in [-0.2, 0) is 4.79 Å². The number of nitrogens with one attached hydrogen (secondary N) is 2. The Balaban J connectivity index is 2.04. The number of carbonyl (C=O) groups is 1. The first-order valence-electron chi connectivity index (χ1n) is 6.75. The van der Waals surface area contributed by atoms with Gasteiger partial charge in [-0.2, -0.15) is 0 Å². The largest absolute Gasteiger partial charge is 0.382 e. The van der Waals surface area contributed by atoms with Crippen LogP contribution in [0.25, 0.3) is 0 Å². The van der Waals surface area contributed by atoms with Gasteiger partial charge in [-0.05, 0) is 43.4 Å². The highest BCUT2D eigenvalue weighted by molar-refractivity contribution is 5.91. The van der Waals surface area contributed by atoms with Crippen LogP contribution in [0, 0.1) is 12.8 Å². The van der Waals surface area contributed by atoms with Gasteiger partial charge in [0.25, 0.3) is 0 Å². The first-order valence-corrected chi connectivity index (χ1v) is 6.75. The molecule has 0 radical (unpaired) electrons. The SMILES string of the molecule is CCC(=O)Nc1ccc(C)c(NC2CC(C)C2)c1. The fourth-order valence-corrected chi connectivity index (χ4v) is 2.34. The van der Waals surface area contributed by atoms with E-state index < -0.39 is 0 Å². The number of amides is 1. The van der Waals surface area contributed by atoms with Crippen LogP contribution in [0.15, 0.2) is 18.2 Å². The third-order valence-corrected chi connectivity index (χ3v) is 3.58. The van der Waals surface area contributed by atoms with Gasteiger partial charge in [0.1, 0.15) is 0 Å². The first kappa shape index (κ1) is 12.9. The Kier molecular flexibility index (Phi) is 3.90. The van der Waals surface area contributed by atoms with E-state index in [0.717, 1.165) is 17.3 Å². The molecule has 1 aliphatic carbocycles. The number of hydrogen-bond acceptors (Lipinski definition) is 2. The van der Waals surface area contributed by atoms with Crippen molar-refractivity contribution in [3.63, 3.8) is 0 Å². The van der Waals surface area contributed by atoms with Crippen LogP contribution in [-0.4, -0.2) is 11.9 Å². The maximum Gasteiger partial charge on any atom is 0.224 e. The molecule has 0 heterocycles. The molecule has 0 bridgehead atoms. The summed E-state index contributed by atoms with van der Waals surface area (Å²) in [6.45, 7) is 6.23. The number of carbonyl (C=O) groups excluding carboxylic acids is 1. The van der Waals surface area contributed by atoms with Gasteiger partial charge in [-0.15, -0.1) is 0 Å². The predicted molar refractivity (Wildman–Crippen MR) is 75.9 cm³/mol. The topological polar surface area (TPSA) is 41.1 Å². The smallest absolute Gasteiger partial charge is 0.224 e. The normalized spacial score (nSPS) is 22.2. The standard InChI is InChI=1S/C15H22N2O/c1-4-15(18)17-12-6-5-11(3)14(9-12)16-13-7-10(2)8-13/h5-6,9-10,13,16H,4,7-8H2,1-3H3,(H,17,18). The van der Waals surface area contributed by atoms with Gasteiger partial charge in [0.2, 0.25) is 5.91 Å². The zero-order valence-corrected chi connectivity index (χ0v) is 11.4. The number of hydrogen-bond donors (Lipinski definition) is 2. The van der Waals surface area contributed by atoms with Gasteiger partial charge in [0.05, 0.1) is 0 Å². The van der Waals surface area contributed by atoms with Crippen molar-refractivity contribution in [1.82, 2.24) is 0 Å². The monoisotopic (exact) mass is 246 g/mol. The molecule has 0 aliphatic heterocycles. The fraction of sp³-hybridized carbons (Fsp3) is 0.533. The van der Waals surface area contributed by atoms with E-state index >= 15 is 0 Å². The third-order valence-electron chi connectivity index (χ3n) is 3.58. The molecule has 98 valence electrons. The molecule has 1 fully saturated rings. The van der Waals surface area contributed by atoms with Crippen LogP contribution >= 0.6 is 0 Å². The molecule has 1 saturated carbocycles. The molecule has 2 rings (SSSR count). The molecule has 2 N–H and O–H groups in total. The average molecular weight is 246 g/mol. The van der Waals surface area contributed by atoms with Crippen LogP contribution in [0.3, 0.4) is 0 Å². The van der Waals surface area contributed by atoms with Gasteiger partial charge < -0.3 is 10.6 Å². The highest BCUT2D eigenvalue weighted by Gasteiger charge is 2.25. The average Bonchev–Trinajstić information content (AvgIpc) is 2.31. The van der Waals surface area contributed by atoms with Crippen molar-refractivity contribution in [3.05, 3.63) is 23.8 Å². The Morgan fingerprint density at radius 1 is 1.39 bits per heavy atom. The summed E-state index contributed by atoms with van der Waals surface area (Å²) >= 11 is 0. The minimum atomic E-state index is 0.0575. The van der Waals surface area contributed by atoms with E-state index in [9.17, 15) is 4.79 Å². The van der Waals surface area contributed by atoms with Crippen molar-refractivity contribution in [3.8, 4) is 0 Å². The Bertz CT molecular complexity index is 436. The maximum absolute atomic E-state index is 11.4. The van der Waals surface area contributed by atoms with Gasteiger partial charge in [-0.3, -0.25) is 4.79 Å². The van der Waals surface area contributed by atoms with E-state index in [1.807, 2.05) is 19.1 Å². The molecule has 1 aliphatic rings. The minimum Gasteiger partial charge on any atom is -0.382 e. The molecule has 0 spiro atoms. The number of anilines is 2. The van der Waals surface area contributed by atoms with Gasteiger partial charge in [-0.1, -0.05) is 19.9 Å². The second kappa shape index (κ2) is 5.42. The van der Waals surface area contributed by atoms with Crippen molar-refractivity contribution in [2.75, 3.05) is 10.6 Å². The number of rotatable bonds is 4. The first-order chi connectivity index (χ1) is 8.58. The Morgan fingerprint density at radius 3 is 2.72 bits per heavy atom. The van der Waals surface area contributed by atoms with E-state index in [1.54, 1.807) is 0 Å². The summed E-state index contributed by atoms with van der Waals surface area (Å²) < 4.78 is 0. The molecule has 0 saturated heterocycles. The lowest BCUT2D eigenvalue weighted by molar-refractivity contribution is -0.115. The van der Waals surface area contributed by atoms with Crippen molar-refractivity contribution in [2.45, 2.75) is 46.1 Å². The molecule has 0 atom stereocenters. The van der Waals surface area contributed by atoms with Gasteiger partial charge in [0, 0.05) is 23.8 Å². The predicted octanol–water partition coefficient (Wildman–Crippen LogP) is 3.55. The molecule has 18 heavy (non-hydrogen) atoms. The Labute approximate surface area is 109 Å². The van der Waals surface area contributed by atoms with Crippen molar-refractivity contribution < 1.29 is 4.79 Å². The van der Waals surface area contributed by atoms with E-state index in [4.69, 9.17) is 0 Å². The van der Waals surface area contributed by atoms with Crippen LogP contribution in [0.4, 0.5) is 11.4 Å². The number of benzene rings is 1. The summed E-state index contributed by atoms with van der Waals surface area (Å²) in [4.78, 5) is 11.4. The lowest BCUT2D eigenvalue weighted by atomic mass is 9.81. The van der Waals surface area contributed by atoms with Crippen molar-refractivity contribution in [2.24, 2.45) is 5.92 Å². The molecule has 1 amide bonds. The van der Waals surface area contributed by atoms with Gasteiger partial charge >= 0.3 is 0 Å². The van der Waals surface area contributed by atoms with E-state index in [1.165, 1.54) is 18.4 Å². The molecule has 1 aromatic rings. The highest BCUT2D eigenvalue weighted by atomic mass is 16.1. The summed E-state index contributed by atoms with van der Waals surface area (Å²) in [6, 6.07) is 6.63. The Hall–Kier alpha value is -1.51. The summed E-state index contributed by atoms with van der Waals surface area (Å²) in [5.41, 5.74) is 3.24. The van der Waals surface area contributed by atoms with Crippen LogP contribution in [0.1, 0.15) is 38.7 Å². The quantitative estimate of drug-likeness (QED) is 0.853. The second-order valence-corrected chi connectivity index (χ2v) is 5.35. The Morgan fingerprint density at radius 2 is 2.11 bits per heavy atom. The molecular weight excluding hydrogens is 224 g/mol. The van der Waals surface area contributed by atoms with Crippen molar-refractivity contribution >= 4 is 17.3 Å². The number of aryl methyl sites for hydroxylation is 1. The van der Waals surface area contributed by atoms with E-state index in [-0.39, 0.29) is 5.91 Å². The lowest BCUT2D eigenvalue weighted by Crippen LogP contribution is -2.34. The van der Waals surface area contributed by atoms with Crippen LogP contribution < -0.4 is 10.6 Å². The zero-order valence-electron chi connectivity index (χ0n) is 11.4. The molecular formula is C15H22N2O. The molecule has 1 aromatic carbocycles. The lowest BCUT2D eigenvalue weighted by Gasteiger charge is -2.34. The molecule has 0 unspecified atom stereocenters. The van der Waals surface area contributed by atoms with Crippen molar-refractivity contribution in [1.29, 1.82) is 0 Å². The second-order valence-electron chi connectivity index (χ2n) is 5.35. The minimum absolute atomic E-state index is 0.0575. The zero-order chi connectivity index (χ0) is 13.1.